The fourth-order valence-corrected chi connectivity index (χ4v) is 3.68. The van der Waals surface area contributed by atoms with Crippen LogP contribution in [0.15, 0.2) is 75.8 Å². The molecule has 1 aliphatic heterocycles. The van der Waals surface area contributed by atoms with E-state index in [1.54, 1.807) is 37.3 Å². The van der Waals surface area contributed by atoms with E-state index in [1.807, 2.05) is 24.3 Å². The summed E-state index contributed by atoms with van der Waals surface area (Å²) >= 11 is 0. The van der Waals surface area contributed by atoms with Crippen molar-refractivity contribution < 1.29 is 17.9 Å². The standard InChI is InChI=1S/C24H24N4O4S/c1-17(2)24(29)32-22-12-13-28(16-22)21-10-8-20(9-11-21)27-26-19-6-4-18(5-7-19)14-23(15-25)33(3,30)31/h4-11,14,22H,1,12-13,16H2,2-3H3/t22-/m0/s1. The van der Waals surface area contributed by atoms with Crippen LogP contribution in [0.1, 0.15) is 18.9 Å². The van der Waals surface area contributed by atoms with Gasteiger partial charge in [-0.3, -0.25) is 0 Å². The number of rotatable bonds is 7. The van der Waals surface area contributed by atoms with Gasteiger partial charge in [-0.25, -0.2) is 13.2 Å². The van der Waals surface area contributed by atoms with Crippen molar-refractivity contribution in [3.63, 3.8) is 0 Å². The first kappa shape index (κ1) is 23.9. The van der Waals surface area contributed by atoms with Gasteiger partial charge in [-0.1, -0.05) is 18.7 Å². The van der Waals surface area contributed by atoms with E-state index in [1.165, 1.54) is 6.08 Å². The molecule has 1 heterocycles. The number of sulfone groups is 1. The Bertz CT molecular complexity index is 1240. The fourth-order valence-electron chi connectivity index (χ4n) is 3.17. The summed E-state index contributed by atoms with van der Waals surface area (Å²) in [5.74, 6) is -0.359. The Hall–Kier alpha value is -3.77. The Balaban J connectivity index is 1.61. The Morgan fingerprint density at radius 2 is 1.73 bits per heavy atom. The number of nitriles is 1. The monoisotopic (exact) mass is 464 g/mol. The van der Waals surface area contributed by atoms with E-state index in [-0.39, 0.29) is 17.0 Å². The zero-order valence-electron chi connectivity index (χ0n) is 18.4. The van der Waals surface area contributed by atoms with Crippen LogP contribution in [0.25, 0.3) is 6.08 Å². The van der Waals surface area contributed by atoms with Gasteiger partial charge >= 0.3 is 5.97 Å². The number of carbonyl (C=O) groups is 1. The number of benzene rings is 2. The van der Waals surface area contributed by atoms with E-state index in [0.29, 0.717) is 29.1 Å². The first-order valence-electron chi connectivity index (χ1n) is 10.2. The van der Waals surface area contributed by atoms with Gasteiger partial charge in [0.25, 0.3) is 0 Å². The molecule has 0 radical (unpaired) electrons. The van der Waals surface area contributed by atoms with Crippen molar-refractivity contribution in [3.8, 4) is 6.07 Å². The minimum absolute atomic E-state index is 0.145. The summed E-state index contributed by atoms with van der Waals surface area (Å²) in [6.07, 6.45) is 2.94. The molecule has 0 spiro atoms. The lowest BCUT2D eigenvalue weighted by molar-refractivity contribution is -0.143. The van der Waals surface area contributed by atoms with Gasteiger partial charge < -0.3 is 9.64 Å². The predicted molar refractivity (Wildman–Crippen MR) is 127 cm³/mol. The number of hydrogen-bond acceptors (Lipinski definition) is 8. The van der Waals surface area contributed by atoms with Gasteiger partial charge in [-0.2, -0.15) is 15.5 Å². The zero-order valence-corrected chi connectivity index (χ0v) is 19.2. The summed E-state index contributed by atoms with van der Waals surface area (Å²) in [5.41, 5.74) is 3.26. The molecule has 8 nitrogen and oxygen atoms in total. The zero-order chi connectivity index (χ0) is 24.0. The SMILES string of the molecule is C=C(C)C(=O)O[C@H]1CCN(c2ccc(N=Nc3ccc(C=C(C#N)S(C)(=O)=O)cc3)cc2)C1. The molecule has 9 heteroatoms. The number of esters is 1. The van der Waals surface area contributed by atoms with Crippen LogP contribution >= 0.6 is 0 Å². The Kier molecular flexibility index (Phi) is 7.41. The molecule has 0 amide bonds. The minimum Gasteiger partial charge on any atom is -0.457 e. The Morgan fingerprint density at radius 3 is 2.24 bits per heavy atom. The van der Waals surface area contributed by atoms with E-state index in [9.17, 15) is 13.2 Å². The van der Waals surface area contributed by atoms with Gasteiger partial charge in [0.2, 0.25) is 0 Å². The Morgan fingerprint density at radius 1 is 1.15 bits per heavy atom. The van der Waals surface area contributed by atoms with E-state index in [0.717, 1.165) is 24.9 Å². The number of hydrogen-bond donors (Lipinski definition) is 0. The number of nitrogens with zero attached hydrogens (tertiary/aromatic N) is 4. The molecule has 2 aromatic rings. The molecule has 1 aliphatic rings. The predicted octanol–water partition coefficient (Wildman–Crippen LogP) is 4.71. The van der Waals surface area contributed by atoms with Gasteiger partial charge in [-0.05, 0) is 55.0 Å². The highest BCUT2D eigenvalue weighted by Crippen LogP contribution is 2.26. The molecule has 3 rings (SSSR count). The highest BCUT2D eigenvalue weighted by molar-refractivity contribution is 7.95. The van der Waals surface area contributed by atoms with E-state index in [4.69, 9.17) is 10.00 Å². The molecular weight excluding hydrogens is 440 g/mol. The molecule has 1 atom stereocenters. The maximum Gasteiger partial charge on any atom is 0.333 e. The summed E-state index contributed by atoms with van der Waals surface area (Å²) in [7, 11) is -3.56. The van der Waals surface area contributed by atoms with E-state index >= 15 is 0 Å². The van der Waals surface area contributed by atoms with Crippen molar-refractivity contribution in [2.45, 2.75) is 19.4 Å². The number of carbonyl (C=O) groups excluding carboxylic acids is 1. The van der Waals surface area contributed by atoms with Gasteiger partial charge in [0.1, 0.15) is 17.1 Å². The molecule has 1 fully saturated rings. The number of anilines is 1. The smallest absolute Gasteiger partial charge is 0.333 e. The minimum atomic E-state index is -3.56. The lowest BCUT2D eigenvalue weighted by atomic mass is 10.2. The van der Waals surface area contributed by atoms with Crippen LogP contribution in [-0.2, 0) is 19.4 Å². The molecule has 0 aromatic heterocycles. The third kappa shape index (κ3) is 6.60. The average molecular weight is 465 g/mol. The van der Waals surface area contributed by atoms with Gasteiger partial charge in [0.15, 0.2) is 9.84 Å². The quantitative estimate of drug-likeness (QED) is 0.254. The normalized spacial score (nSPS) is 16.6. The van der Waals surface area contributed by atoms with Crippen molar-refractivity contribution in [3.05, 3.63) is 71.2 Å². The van der Waals surface area contributed by atoms with Crippen LogP contribution in [0, 0.1) is 11.3 Å². The molecule has 0 bridgehead atoms. The lowest BCUT2D eigenvalue weighted by Crippen LogP contribution is -2.24. The van der Waals surface area contributed by atoms with E-state index in [2.05, 4.69) is 21.7 Å². The molecule has 2 aromatic carbocycles. The topological polar surface area (TPSA) is 112 Å². The van der Waals surface area contributed by atoms with Crippen LogP contribution in [0.4, 0.5) is 17.1 Å². The van der Waals surface area contributed by atoms with Crippen molar-refractivity contribution in [1.29, 1.82) is 5.26 Å². The average Bonchev–Trinajstić information content (AvgIpc) is 3.24. The largest absolute Gasteiger partial charge is 0.457 e. The van der Waals surface area contributed by atoms with Crippen LogP contribution in [0.3, 0.4) is 0 Å². The summed E-state index contributed by atoms with van der Waals surface area (Å²) in [5, 5.41) is 17.4. The van der Waals surface area contributed by atoms with Crippen LogP contribution in [0.5, 0.6) is 0 Å². The maximum absolute atomic E-state index is 11.7. The summed E-state index contributed by atoms with van der Waals surface area (Å²) < 4.78 is 28.5. The fraction of sp³-hybridized carbons (Fsp3) is 0.250. The second-order valence-electron chi connectivity index (χ2n) is 7.74. The first-order chi connectivity index (χ1) is 15.7. The number of ether oxygens (including phenoxy) is 1. The van der Waals surface area contributed by atoms with Crippen LogP contribution in [0.2, 0.25) is 0 Å². The maximum atomic E-state index is 11.7. The van der Waals surface area contributed by atoms with Crippen molar-refractivity contribution >= 4 is 38.9 Å². The summed E-state index contributed by atoms with van der Waals surface area (Å²) in [4.78, 5) is 13.5. The molecule has 0 N–H and O–H groups in total. The van der Waals surface area contributed by atoms with Crippen molar-refractivity contribution in [2.75, 3.05) is 24.2 Å². The summed E-state index contributed by atoms with van der Waals surface area (Å²) in [6, 6.07) is 16.0. The van der Waals surface area contributed by atoms with E-state index < -0.39 is 9.84 Å². The second-order valence-corrected chi connectivity index (χ2v) is 9.73. The molecule has 0 aliphatic carbocycles. The molecule has 0 saturated carbocycles. The summed E-state index contributed by atoms with van der Waals surface area (Å²) in [6.45, 7) is 6.67. The molecule has 33 heavy (non-hydrogen) atoms. The number of azo groups is 1. The molecule has 0 unspecified atom stereocenters. The molecular formula is C24H24N4O4S. The molecule has 170 valence electrons. The van der Waals surface area contributed by atoms with Crippen molar-refractivity contribution in [1.82, 2.24) is 0 Å². The van der Waals surface area contributed by atoms with Gasteiger partial charge in [-0.15, -0.1) is 0 Å². The second kappa shape index (κ2) is 10.2. The number of allylic oxidation sites excluding steroid dienone is 1. The van der Waals surface area contributed by atoms with Crippen molar-refractivity contribution in [2.24, 2.45) is 10.2 Å². The van der Waals surface area contributed by atoms with Crippen LogP contribution in [-0.4, -0.2) is 39.8 Å². The van der Waals surface area contributed by atoms with Gasteiger partial charge in [0.05, 0.1) is 17.9 Å². The highest BCUT2D eigenvalue weighted by Gasteiger charge is 2.26. The Labute approximate surface area is 193 Å². The third-order valence-corrected chi connectivity index (χ3v) is 5.97. The van der Waals surface area contributed by atoms with Gasteiger partial charge in [0, 0.05) is 30.5 Å². The first-order valence-corrected chi connectivity index (χ1v) is 12.1. The third-order valence-electron chi connectivity index (χ3n) is 4.96. The lowest BCUT2D eigenvalue weighted by Gasteiger charge is -2.18. The molecule has 1 saturated heterocycles. The highest BCUT2D eigenvalue weighted by atomic mass is 32.2. The van der Waals surface area contributed by atoms with Crippen LogP contribution < -0.4 is 4.90 Å².